The lowest BCUT2D eigenvalue weighted by Crippen LogP contribution is -2.41. The van der Waals surface area contributed by atoms with E-state index in [1.54, 1.807) is 6.08 Å². The van der Waals surface area contributed by atoms with Gasteiger partial charge in [0.1, 0.15) is 0 Å². The van der Waals surface area contributed by atoms with Crippen molar-refractivity contribution in [2.24, 2.45) is 0 Å². The first kappa shape index (κ1) is 14.5. The number of anilines is 1. The Kier molecular flexibility index (Phi) is 4.30. The molecule has 4 heteroatoms. The summed E-state index contributed by atoms with van der Waals surface area (Å²) in [7, 11) is 0. The maximum absolute atomic E-state index is 12.0. The van der Waals surface area contributed by atoms with Gasteiger partial charge in [-0.05, 0) is 41.9 Å². The lowest BCUT2D eigenvalue weighted by Gasteiger charge is -2.19. The van der Waals surface area contributed by atoms with Crippen molar-refractivity contribution in [1.29, 1.82) is 0 Å². The van der Waals surface area contributed by atoms with Gasteiger partial charge in [-0.2, -0.15) is 0 Å². The number of benzene rings is 2. The Balaban J connectivity index is 1.63. The van der Waals surface area contributed by atoms with Crippen LogP contribution in [0.3, 0.4) is 0 Å². The van der Waals surface area contributed by atoms with E-state index >= 15 is 0 Å². The molecule has 3 nitrogen and oxygen atoms in total. The minimum absolute atomic E-state index is 0.210. The standard InChI is InChI=1S/C18H16N2OS/c21-17(11-10-14-6-2-1-3-7-14)19-18(22)20-13-12-15-8-4-5-9-16(15)20/h1-11H,12-13H2,(H,19,21,22)/b11-10+. The molecule has 0 aliphatic carbocycles. The summed E-state index contributed by atoms with van der Waals surface area (Å²) in [5, 5.41) is 3.22. The summed E-state index contributed by atoms with van der Waals surface area (Å²) in [6.45, 7) is 0.806. The third kappa shape index (κ3) is 3.23. The van der Waals surface area contributed by atoms with E-state index < -0.39 is 0 Å². The zero-order valence-corrected chi connectivity index (χ0v) is 12.8. The zero-order valence-electron chi connectivity index (χ0n) is 12.0. The molecule has 0 saturated heterocycles. The fraction of sp³-hybridized carbons (Fsp3) is 0.111. The fourth-order valence-corrected chi connectivity index (χ4v) is 2.79. The maximum atomic E-state index is 12.0. The van der Waals surface area contributed by atoms with Gasteiger partial charge in [-0.1, -0.05) is 48.5 Å². The molecular formula is C18H16N2OS. The Morgan fingerprint density at radius 3 is 2.64 bits per heavy atom. The Morgan fingerprint density at radius 1 is 1.09 bits per heavy atom. The SMILES string of the molecule is O=C(/C=C/c1ccccc1)NC(=S)N1CCc2ccccc21. The molecule has 0 bridgehead atoms. The molecule has 0 unspecified atom stereocenters. The minimum atomic E-state index is -0.210. The van der Waals surface area contributed by atoms with E-state index in [4.69, 9.17) is 12.2 Å². The number of amides is 1. The highest BCUT2D eigenvalue weighted by molar-refractivity contribution is 7.80. The average Bonchev–Trinajstić information content (AvgIpc) is 2.98. The molecule has 1 heterocycles. The number of nitrogens with zero attached hydrogens (tertiary/aromatic N) is 1. The number of rotatable bonds is 2. The molecule has 1 aliphatic heterocycles. The molecule has 0 aromatic heterocycles. The monoisotopic (exact) mass is 308 g/mol. The molecule has 2 aromatic carbocycles. The second-order valence-electron chi connectivity index (χ2n) is 5.07. The van der Waals surface area contributed by atoms with Gasteiger partial charge in [0, 0.05) is 18.3 Å². The van der Waals surface area contributed by atoms with Crippen LogP contribution >= 0.6 is 12.2 Å². The van der Waals surface area contributed by atoms with Crippen molar-refractivity contribution in [2.75, 3.05) is 11.4 Å². The molecule has 0 spiro atoms. The van der Waals surface area contributed by atoms with Crippen LogP contribution in [-0.4, -0.2) is 17.6 Å². The van der Waals surface area contributed by atoms with Gasteiger partial charge in [-0.25, -0.2) is 0 Å². The quantitative estimate of drug-likeness (QED) is 0.683. The predicted octanol–water partition coefficient (Wildman–Crippen LogP) is 3.16. The van der Waals surface area contributed by atoms with Crippen molar-refractivity contribution in [1.82, 2.24) is 5.32 Å². The van der Waals surface area contributed by atoms with Gasteiger partial charge in [0.05, 0.1) is 0 Å². The Hall–Kier alpha value is -2.46. The maximum Gasteiger partial charge on any atom is 0.250 e. The number of carbonyl (C=O) groups excluding carboxylic acids is 1. The van der Waals surface area contributed by atoms with Crippen molar-refractivity contribution in [3.8, 4) is 0 Å². The highest BCUT2D eigenvalue weighted by Crippen LogP contribution is 2.27. The van der Waals surface area contributed by atoms with E-state index in [0.717, 1.165) is 24.2 Å². The van der Waals surface area contributed by atoms with Crippen LogP contribution in [-0.2, 0) is 11.2 Å². The first-order chi connectivity index (χ1) is 10.7. The predicted molar refractivity (Wildman–Crippen MR) is 93.7 cm³/mol. The lowest BCUT2D eigenvalue weighted by molar-refractivity contribution is -0.115. The molecule has 0 radical (unpaired) electrons. The van der Waals surface area contributed by atoms with E-state index in [1.165, 1.54) is 11.6 Å². The molecule has 2 aromatic rings. The second-order valence-corrected chi connectivity index (χ2v) is 5.46. The van der Waals surface area contributed by atoms with Gasteiger partial charge < -0.3 is 4.90 Å². The summed E-state index contributed by atoms with van der Waals surface area (Å²) in [5.41, 5.74) is 3.33. The van der Waals surface area contributed by atoms with E-state index in [1.807, 2.05) is 53.4 Å². The van der Waals surface area contributed by atoms with Crippen molar-refractivity contribution in [3.05, 3.63) is 71.8 Å². The molecule has 1 N–H and O–H groups in total. The summed E-state index contributed by atoms with van der Waals surface area (Å²) in [4.78, 5) is 14.0. The minimum Gasteiger partial charge on any atom is -0.318 e. The van der Waals surface area contributed by atoms with E-state index in [9.17, 15) is 4.79 Å². The summed E-state index contributed by atoms with van der Waals surface area (Å²) in [5.74, 6) is -0.210. The van der Waals surface area contributed by atoms with Crippen LogP contribution in [0.5, 0.6) is 0 Å². The van der Waals surface area contributed by atoms with Crippen molar-refractivity contribution < 1.29 is 4.79 Å². The topological polar surface area (TPSA) is 32.3 Å². The van der Waals surface area contributed by atoms with Crippen LogP contribution in [0.15, 0.2) is 60.7 Å². The number of hydrogen-bond acceptors (Lipinski definition) is 2. The normalized spacial score (nSPS) is 13.2. The van der Waals surface area contributed by atoms with Crippen molar-refractivity contribution in [3.63, 3.8) is 0 Å². The fourth-order valence-electron chi connectivity index (χ4n) is 2.50. The average molecular weight is 308 g/mol. The first-order valence-corrected chi connectivity index (χ1v) is 7.58. The van der Waals surface area contributed by atoms with Gasteiger partial charge in [0.25, 0.3) is 0 Å². The number of fused-ring (bicyclic) bond motifs is 1. The van der Waals surface area contributed by atoms with E-state index in [2.05, 4.69) is 11.4 Å². The summed E-state index contributed by atoms with van der Waals surface area (Å²) >= 11 is 5.36. The number of thiocarbonyl (C=S) groups is 1. The molecular weight excluding hydrogens is 292 g/mol. The Morgan fingerprint density at radius 2 is 1.82 bits per heavy atom. The van der Waals surface area contributed by atoms with Crippen molar-refractivity contribution >= 4 is 35.0 Å². The summed E-state index contributed by atoms with van der Waals surface area (Å²) in [6.07, 6.45) is 4.23. The van der Waals surface area contributed by atoms with E-state index in [0.29, 0.717) is 5.11 Å². The molecule has 1 amide bonds. The highest BCUT2D eigenvalue weighted by atomic mass is 32.1. The zero-order chi connectivity index (χ0) is 15.4. The number of hydrogen-bond donors (Lipinski definition) is 1. The van der Waals surface area contributed by atoms with Gasteiger partial charge >= 0.3 is 0 Å². The lowest BCUT2D eigenvalue weighted by atomic mass is 10.2. The van der Waals surface area contributed by atoms with Gasteiger partial charge in [0.2, 0.25) is 5.91 Å². The number of nitrogens with one attached hydrogen (secondary N) is 1. The Bertz CT molecular complexity index is 725. The van der Waals surface area contributed by atoms with Crippen molar-refractivity contribution in [2.45, 2.75) is 6.42 Å². The Labute approximate surface area is 135 Å². The third-order valence-corrected chi connectivity index (χ3v) is 3.91. The van der Waals surface area contributed by atoms with Gasteiger partial charge in [-0.3, -0.25) is 10.1 Å². The third-order valence-electron chi connectivity index (χ3n) is 3.59. The van der Waals surface area contributed by atoms with Gasteiger partial charge in [0.15, 0.2) is 5.11 Å². The second kappa shape index (κ2) is 6.54. The molecule has 1 aliphatic rings. The van der Waals surface area contributed by atoms with Crippen LogP contribution in [0.1, 0.15) is 11.1 Å². The van der Waals surface area contributed by atoms with Crippen LogP contribution in [0.2, 0.25) is 0 Å². The van der Waals surface area contributed by atoms with Crippen LogP contribution < -0.4 is 10.2 Å². The van der Waals surface area contributed by atoms with E-state index in [-0.39, 0.29) is 5.91 Å². The van der Waals surface area contributed by atoms with Gasteiger partial charge in [-0.15, -0.1) is 0 Å². The first-order valence-electron chi connectivity index (χ1n) is 7.17. The molecule has 0 fully saturated rings. The largest absolute Gasteiger partial charge is 0.318 e. The summed E-state index contributed by atoms with van der Waals surface area (Å²) in [6, 6.07) is 17.8. The molecule has 22 heavy (non-hydrogen) atoms. The number of para-hydroxylation sites is 1. The molecule has 3 rings (SSSR count). The van der Waals surface area contributed by atoms with Crippen LogP contribution in [0, 0.1) is 0 Å². The highest BCUT2D eigenvalue weighted by Gasteiger charge is 2.22. The summed E-state index contributed by atoms with van der Waals surface area (Å²) < 4.78 is 0. The number of carbonyl (C=O) groups is 1. The molecule has 0 saturated carbocycles. The smallest absolute Gasteiger partial charge is 0.250 e. The van der Waals surface area contributed by atoms with Crippen LogP contribution in [0.25, 0.3) is 6.08 Å². The molecule has 0 atom stereocenters. The van der Waals surface area contributed by atoms with Crippen LogP contribution in [0.4, 0.5) is 5.69 Å². The molecule has 110 valence electrons.